The molecule has 0 N–H and O–H groups in total. The zero-order chi connectivity index (χ0) is 41.9. The monoisotopic (exact) mass is 814 g/mol. The number of rotatable bonds is 4. The molecule has 0 bridgehead atoms. The van der Waals surface area contributed by atoms with E-state index < -0.39 is 0 Å². The second-order valence-electron chi connectivity index (χ2n) is 16.8. The van der Waals surface area contributed by atoms with Crippen molar-refractivity contribution in [3.63, 3.8) is 0 Å². The van der Waals surface area contributed by atoms with Crippen LogP contribution in [0.5, 0.6) is 0 Å². The Morgan fingerprint density at radius 3 is 1.45 bits per heavy atom. The minimum atomic E-state index is 0.582. The number of furan rings is 1. The first kappa shape index (κ1) is 35.0. The first-order chi connectivity index (χ1) is 31.7. The van der Waals surface area contributed by atoms with Crippen LogP contribution in [0, 0.1) is 0 Å². The van der Waals surface area contributed by atoms with Crippen molar-refractivity contribution in [2.75, 3.05) is 0 Å². The summed E-state index contributed by atoms with van der Waals surface area (Å²) in [6.07, 6.45) is 0. The lowest BCUT2D eigenvalue weighted by Gasteiger charge is -2.14. The molecule has 3 aromatic heterocycles. The van der Waals surface area contributed by atoms with Crippen molar-refractivity contribution in [1.29, 1.82) is 0 Å². The number of aromatic nitrogens is 4. The first-order valence-electron chi connectivity index (χ1n) is 21.7. The minimum Gasteiger partial charge on any atom is -0.455 e. The Morgan fingerprint density at radius 2 is 0.797 bits per heavy atom. The first-order valence-corrected chi connectivity index (χ1v) is 21.7. The molecular formula is C59H34N4O. The van der Waals surface area contributed by atoms with Crippen LogP contribution in [0.4, 0.5) is 0 Å². The average Bonchev–Trinajstić information content (AvgIpc) is 3.90. The summed E-state index contributed by atoms with van der Waals surface area (Å²) in [5, 5.41) is 16.2. The molecule has 5 nitrogen and oxygen atoms in total. The number of fused-ring (bicyclic) bond motifs is 13. The van der Waals surface area contributed by atoms with Crippen LogP contribution in [0.25, 0.3) is 137 Å². The molecule has 3 heterocycles. The normalized spacial score (nSPS) is 12.1. The number of hydrogen-bond acceptors (Lipinski definition) is 4. The van der Waals surface area contributed by atoms with E-state index in [0.29, 0.717) is 17.5 Å². The van der Waals surface area contributed by atoms with Crippen molar-refractivity contribution in [2.45, 2.75) is 0 Å². The van der Waals surface area contributed by atoms with Gasteiger partial charge in [0.25, 0.3) is 0 Å². The van der Waals surface area contributed by atoms with Crippen LogP contribution >= 0.6 is 0 Å². The quantitative estimate of drug-likeness (QED) is 0.178. The molecule has 296 valence electrons. The van der Waals surface area contributed by atoms with Crippen LogP contribution in [0.15, 0.2) is 211 Å². The van der Waals surface area contributed by atoms with Crippen LogP contribution in [0.1, 0.15) is 0 Å². The summed E-state index contributed by atoms with van der Waals surface area (Å²) >= 11 is 0. The van der Waals surface area contributed by atoms with E-state index in [1.807, 2.05) is 0 Å². The number of benzene rings is 11. The second-order valence-corrected chi connectivity index (χ2v) is 16.8. The van der Waals surface area contributed by atoms with E-state index in [4.69, 9.17) is 19.4 Å². The van der Waals surface area contributed by atoms with Gasteiger partial charge in [0.1, 0.15) is 11.2 Å². The lowest BCUT2D eigenvalue weighted by atomic mass is 10.0. The van der Waals surface area contributed by atoms with E-state index in [1.165, 1.54) is 54.1 Å². The van der Waals surface area contributed by atoms with Crippen molar-refractivity contribution >= 4 is 97.6 Å². The Balaban J connectivity index is 1.000. The van der Waals surface area contributed by atoms with Crippen LogP contribution in [-0.4, -0.2) is 19.5 Å². The molecule has 0 fully saturated rings. The molecular weight excluding hydrogens is 781 g/mol. The Hall–Kier alpha value is -8.67. The standard InChI is InChI=1S/C59H34N4O/c1-3-14-38-29-42(23-21-35(38)11-1)57-60-58(43-24-22-36-12-2-4-15-39(36)30-43)62-59(61-57)44-26-27-47-51-34-53(46-19-9-10-20-49(46)56(51)64-54(47)33-44)63-52-32-41-17-6-5-16-40(41)31-50(52)48-28-25-37-13-7-8-18-45(37)55(48)63/h1-34H. The highest BCUT2D eigenvalue weighted by Crippen LogP contribution is 2.44. The Labute approximate surface area is 366 Å². The van der Waals surface area contributed by atoms with Crippen molar-refractivity contribution in [2.24, 2.45) is 0 Å². The molecule has 0 aliphatic heterocycles. The zero-order valence-corrected chi connectivity index (χ0v) is 34.3. The van der Waals surface area contributed by atoms with E-state index >= 15 is 0 Å². The predicted molar refractivity (Wildman–Crippen MR) is 265 cm³/mol. The van der Waals surface area contributed by atoms with Gasteiger partial charge < -0.3 is 8.98 Å². The van der Waals surface area contributed by atoms with Gasteiger partial charge in [-0.25, -0.2) is 15.0 Å². The highest BCUT2D eigenvalue weighted by Gasteiger charge is 2.22. The molecule has 5 heteroatoms. The Kier molecular flexibility index (Phi) is 7.33. The molecule has 64 heavy (non-hydrogen) atoms. The topological polar surface area (TPSA) is 56.7 Å². The SMILES string of the molecule is c1ccc2cc(-c3nc(-c4ccc5ccccc5c4)nc(-c4ccc5c(c4)oc4c6ccccc6c(-n6c7cc8ccccc8cc7c7ccc8ccccc8c76)cc54)n3)ccc2c1. The fraction of sp³-hybridized carbons (Fsp3) is 0. The maximum absolute atomic E-state index is 6.95. The lowest BCUT2D eigenvalue weighted by Crippen LogP contribution is -2.00. The Morgan fingerprint density at radius 1 is 0.312 bits per heavy atom. The van der Waals surface area contributed by atoms with Gasteiger partial charge in [-0.1, -0.05) is 164 Å². The van der Waals surface area contributed by atoms with E-state index in [0.717, 1.165) is 65.9 Å². The molecule has 0 unspecified atom stereocenters. The summed E-state index contributed by atoms with van der Waals surface area (Å²) in [7, 11) is 0. The molecule has 0 aliphatic rings. The molecule has 14 rings (SSSR count). The zero-order valence-electron chi connectivity index (χ0n) is 34.3. The van der Waals surface area contributed by atoms with E-state index in [2.05, 4.69) is 211 Å². The summed E-state index contributed by atoms with van der Waals surface area (Å²) < 4.78 is 9.44. The van der Waals surface area contributed by atoms with E-state index in [9.17, 15) is 0 Å². The van der Waals surface area contributed by atoms with Crippen molar-refractivity contribution < 1.29 is 4.42 Å². The molecule has 0 amide bonds. The van der Waals surface area contributed by atoms with Gasteiger partial charge in [0.05, 0.1) is 16.7 Å². The number of hydrogen-bond donors (Lipinski definition) is 0. The third-order valence-corrected chi connectivity index (χ3v) is 13.1. The summed E-state index contributed by atoms with van der Waals surface area (Å²) in [4.78, 5) is 15.4. The summed E-state index contributed by atoms with van der Waals surface area (Å²) in [5.41, 5.74) is 7.81. The smallest absolute Gasteiger partial charge is 0.164 e. The van der Waals surface area contributed by atoms with Gasteiger partial charge in [-0.15, -0.1) is 0 Å². The van der Waals surface area contributed by atoms with Gasteiger partial charge in [-0.2, -0.15) is 0 Å². The maximum Gasteiger partial charge on any atom is 0.164 e. The molecule has 0 radical (unpaired) electrons. The van der Waals surface area contributed by atoms with Gasteiger partial charge in [0.15, 0.2) is 17.5 Å². The summed E-state index contributed by atoms with van der Waals surface area (Å²) in [5.74, 6) is 1.81. The summed E-state index contributed by atoms with van der Waals surface area (Å²) in [6.45, 7) is 0. The molecule has 0 aliphatic carbocycles. The Bertz CT molecular complexity index is 4180. The van der Waals surface area contributed by atoms with Gasteiger partial charge >= 0.3 is 0 Å². The molecule has 0 saturated heterocycles. The highest BCUT2D eigenvalue weighted by atomic mass is 16.3. The largest absolute Gasteiger partial charge is 0.455 e. The van der Waals surface area contributed by atoms with Crippen molar-refractivity contribution in [3.8, 4) is 39.9 Å². The van der Waals surface area contributed by atoms with Gasteiger partial charge in [-0.05, 0) is 80.2 Å². The molecule has 0 spiro atoms. The van der Waals surface area contributed by atoms with E-state index in [-0.39, 0.29) is 0 Å². The van der Waals surface area contributed by atoms with Crippen LogP contribution < -0.4 is 0 Å². The van der Waals surface area contributed by atoms with E-state index in [1.54, 1.807) is 0 Å². The minimum absolute atomic E-state index is 0.582. The van der Waals surface area contributed by atoms with Gasteiger partial charge in [0, 0.05) is 54.4 Å². The van der Waals surface area contributed by atoms with Crippen LogP contribution in [0.2, 0.25) is 0 Å². The molecule has 14 aromatic rings. The average molecular weight is 815 g/mol. The van der Waals surface area contributed by atoms with Crippen molar-refractivity contribution in [1.82, 2.24) is 19.5 Å². The maximum atomic E-state index is 6.95. The van der Waals surface area contributed by atoms with Gasteiger partial charge in [0.2, 0.25) is 0 Å². The fourth-order valence-electron chi connectivity index (χ4n) is 10.0. The highest BCUT2D eigenvalue weighted by molar-refractivity contribution is 6.23. The predicted octanol–water partition coefficient (Wildman–Crippen LogP) is 15.6. The molecule has 11 aromatic carbocycles. The van der Waals surface area contributed by atoms with Crippen LogP contribution in [-0.2, 0) is 0 Å². The summed E-state index contributed by atoms with van der Waals surface area (Å²) in [6, 6.07) is 73.5. The molecule has 0 atom stereocenters. The lowest BCUT2D eigenvalue weighted by molar-refractivity contribution is 0.672. The second kappa shape index (κ2) is 13.4. The number of nitrogens with zero attached hydrogens (tertiary/aromatic N) is 4. The third-order valence-electron chi connectivity index (χ3n) is 13.1. The van der Waals surface area contributed by atoms with Gasteiger partial charge in [-0.3, -0.25) is 0 Å². The molecule has 0 saturated carbocycles. The van der Waals surface area contributed by atoms with Crippen molar-refractivity contribution in [3.05, 3.63) is 206 Å². The fourth-order valence-corrected chi connectivity index (χ4v) is 10.0. The van der Waals surface area contributed by atoms with Crippen LogP contribution in [0.3, 0.4) is 0 Å². The third kappa shape index (κ3) is 5.28.